The highest BCUT2D eigenvalue weighted by molar-refractivity contribution is 6.16. The Morgan fingerprint density at radius 3 is 2.73 bits per heavy atom. The van der Waals surface area contributed by atoms with Crippen LogP contribution < -0.4 is 4.74 Å². The van der Waals surface area contributed by atoms with Gasteiger partial charge >= 0.3 is 0 Å². The van der Waals surface area contributed by atoms with Gasteiger partial charge in [0.05, 0.1) is 11.1 Å². The van der Waals surface area contributed by atoms with Gasteiger partial charge in [0.2, 0.25) is 5.78 Å². The lowest BCUT2D eigenvalue weighted by Crippen LogP contribution is -2.19. The van der Waals surface area contributed by atoms with Gasteiger partial charge in [-0.1, -0.05) is 18.2 Å². The van der Waals surface area contributed by atoms with Gasteiger partial charge in [0.15, 0.2) is 5.76 Å². The molecular weight excluding hydrogens is 376 g/mol. The second-order valence-electron chi connectivity index (χ2n) is 8.21. The number of ether oxygens (including phenoxy) is 1. The first-order valence-electron chi connectivity index (χ1n) is 10.7. The number of aromatic hydroxyl groups is 1. The zero-order valence-corrected chi connectivity index (χ0v) is 17.4. The molecule has 0 amide bonds. The number of aryl methyl sites for hydroxylation is 2. The molecule has 2 aromatic carbocycles. The summed E-state index contributed by atoms with van der Waals surface area (Å²) in [5, 5.41) is 11.7. The van der Waals surface area contributed by atoms with Crippen molar-refractivity contribution < 1.29 is 14.6 Å². The molecule has 1 fully saturated rings. The smallest absolute Gasteiger partial charge is 0.232 e. The quantitative estimate of drug-likeness (QED) is 0.632. The Morgan fingerprint density at radius 2 is 1.97 bits per heavy atom. The van der Waals surface area contributed by atoms with Crippen molar-refractivity contribution in [3.8, 4) is 11.5 Å². The summed E-state index contributed by atoms with van der Waals surface area (Å²) < 4.78 is 8.30. The molecule has 30 heavy (non-hydrogen) atoms. The van der Waals surface area contributed by atoms with Crippen LogP contribution in [-0.4, -0.2) is 33.4 Å². The highest BCUT2D eigenvalue weighted by Gasteiger charge is 2.34. The minimum Gasteiger partial charge on any atom is -0.507 e. The zero-order chi connectivity index (χ0) is 20.8. The van der Waals surface area contributed by atoms with Crippen LogP contribution in [0.5, 0.6) is 11.5 Å². The van der Waals surface area contributed by atoms with Crippen LogP contribution in [0.25, 0.3) is 17.0 Å². The number of carbonyl (C=O) groups excluding carboxylic acids is 1. The lowest BCUT2D eigenvalue weighted by molar-refractivity contribution is 0.101. The predicted molar refractivity (Wildman–Crippen MR) is 118 cm³/mol. The first-order chi connectivity index (χ1) is 14.6. The summed E-state index contributed by atoms with van der Waals surface area (Å²) in [4.78, 5) is 15.5. The largest absolute Gasteiger partial charge is 0.507 e. The predicted octanol–water partition coefficient (Wildman–Crippen LogP) is 4.89. The maximum absolute atomic E-state index is 13.2. The number of rotatable bonds is 4. The fourth-order valence-electron chi connectivity index (χ4n) is 4.69. The number of fused-ring (bicyclic) bond motifs is 2. The van der Waals surface area contributed by atoms with E-state index in [0.717, 1.165) is 41.7 Å². The van der Waals surface area contributed by atoms with E-state index < -0.39 is 0 Å². The molecule has 1 aromatic heterocycles. The van der Waals surface area contributed by atoms with Gasteiger partial charge in [-0.15, -0.1) is 0 Å². The number of allylic oxidation sites excluding steroid dienone is 1. The van der Waals surface area contributed by atoms with Crippen LogP contribution >= 0.6 is 0 Å². The van der Waals surface area contributed by atoms with Crippen LogP contribution in [0.15, 0.2) is 42.3 Å². The van der Waals surface area contributed by atoms with Crippen LogP contribution in [0.4, 0.5) is 0 Å². The van der Waals surface area contributed by atoms with E-state index in [1.54, 1.807) is 6.07 Å². The van der Waals surface area contributed by atoms with Crippen molar-refractivity contribution in [2.24, 2.45) is 0 Å². The molecule has 1 saturated heterocycles. The van der Waals surface area contributed by atoms with E-state index in [0.29, 0.717) is 29.2 Å². The van der Waals surface area contributed by atoms with Gasteiger partial charge in [0.25, 0.3) is 0 Å². The van der Waals surface area contributed by atoms with E-state index in [1.807, 2.05) is 25.1 Å². The first kappa shape index (κ1) is 18.9. The standard InChI is InChI=1S/C25H26N2O3/c1-3-27-14-17(18-8-4-5-9-20(18)27)13-22-24(29)23-16(2)12-21(28)19(25(23)30-22)15-26-10-6-7-11-26/h4-5,8-9,12-14,28H,3,6-7,10-11,15H2,1-2H3/b22-13-. The van der Waals surface area contributed by atoms with E-state index in [4.69, 9.17) is 4.74 Å². The number of hydrogen-bond donors (Lipinski definition) is 1. The minimum absolute atomic E-state index is 0.112. The molecule has 2 aliphatic rings. The molecule has 5 nitrogen and oxygen atoms in total. The van der Waals surface area contributed by atoms with Gasteiger partial charge in [0.1, 0.15) is 11.5 Å². The number of phenolic OH excluding ortho intramolecular Hbond substituents is 1. The van der Waals surface area contributed by atoms with Crippen LogP contribution in [0.1, 0.15) is 46.8 Å². The maximum Gasteiger partial charge on any atom is 0.232 e. The third-order valence-electron chi connectivity index (χ3n) is 6.25. The summed E-state index contributed by atoms with van der Waals surface area (Å²) in [7, 11) is 0. The van der Waals surface area contributed by atoms with Crippen molar-refractivity contribution in [3.63, 3.8) is 0 Å². The van der Waals surface area contributed by atoms with E-state index in [-0.39, 0.29) is 11.5 Å². The van der Waals surface area contributed by atoms with Gasteiger partial charge in [-0.05, 0) is 63.6 Å². The highest BCUT2D eigenvalue weighted by atomic mass is 16.5. The number of ketones is 1. The van der Waals surface area contributed by atoms with Crippen molar-refractivity contribution >= 4 is 22.8 Å². The summed E-state index contributed by atoms with van der Waals surface area (Å²) >= 11 is 0. The summed E-state index contributed by atoms with van der Waals surface area (Å²) in [5.41, 5.74) is 4.14. The Kier molecular flexibility index (Phi) is 4.63. The van der Waals surface area contributed by atoms with E-state index in [1.165, 1.54) is 12.8 Å². The summed E-state index contributed by atoms with van der Waals surface area (Å²) in [6.07, 6.45) is 6.24. The fraction of sp³-hybridized carbons (Fsp3) is 0.320. The first-order valence-corrected chi connectivity index (χ1v) is 10.7. The average Bonchev–Trinajstić information content (AvgIpc) is 3.45. The molecule has 0 aliphatic carbocycles. The number of benzene rings is 2. The molecule has 0 atom stereocenters. The third kappa shape index (κ3) is 3.01. The Morgan fingerprint density at radius 1 is 1.20 bits per heavy atom. The van der Waals surface area contributed by atoms with E-state index in [2.05, 4.69) is 34.7 Å². The number of aromatic nitrogens is 1. The van der Waals surface area contributed by atoms with Gasteiger partial charge in [-0.3, -0.25) is 9.69 Å². The highest BCUT2D eigenvalue weighted by Crippen LogP contribution is 2.43. The topological polar surface area (TPSA) is 54.7 Å². The molecule has 5 rings (SSSR count). The van der Waals surface area contributed by atoms with Crippen LogP contribution in [0.3, 0.4) is 0 Å². The fourth-order valence-corrected chi connectivity index (χ4v) is 4.69. The van der Waals surface area contributed by atoms with Gasteiger partial charge < -0.3 is 14.4 Å². The van der Waals surface area contributed by atoms with Gasteiger partial charge in [-0.25, -0.2) is 0 Å². The molecule has 3 heterocycles. The average molecular weight is 402 g/mol. The number of carbonyl (C=O) groups is 1. The Balaban J connectivity index is 1.58. The number of hydrogen-bond acceptors (Lipinski definition) is 4. The van der Waals surface area contributed by atoms with Crippen molar-refractivity contribution in [3.05, 3.63) is 64.5 Å². The SMILES string of the molecule is CCn1cc(/C=C2\Oc3c(CN4CCCC4)c(O)cc(C)c3C2=O)c2ccccc21. The molecule has 1 N–H and O–H groups in total. The number of Topliss-reactive ketones (excluding diaryl/α,β-unsaturated/α-hetero) is 1. The molecule has 2 aliphatic heterocycles. The summed E-state index contributed by atoms with van der Waals surface area (Å²) in [6, 6.07) is 9.87. The van der Waals surface area contributed by atoms with Crippen molar-refractivity contribution in [1.29, 1.82) is 0 Å². The van der Waals surface area contributed by atoms with E-state index >= 15 is 0 Å². The Bertz CT molecular complexity index is 1180. The normalized spacial score (nSPS) is 17.8. The third-order valence-corrected chi connectivity index (χ3v) is 6.25. The molecule has 0 unspecified atom stereocenters. The number of likely N-dealkylation sites (tertiary alicyclic amines) is 1. The van der Waals surface area contributed by atoms with Crippen LogP contribution in [0, 0.1) is 6.92 Å². The number of phenols is 1. The molecule has 5 heteroatoms. The zero-order valence-electron chi connectivity index (χ0n) is 17.4. The van der Waals surface area contributed by atoms with E-state index in [9.17, 15) is 9.90 Å². The molecule has 154 valence electrons. The van der Waals surface area contributed by atoms with Gasteiger partial charge in [-0.2, -0.15) is 0 Å². The van der Waals surface area contributed by atoms with Crippen molar-refractivity contribution in [2.45, 2.75) is 39.8 Å². The monoisotopic (exact) mass is 402 g/mol. The lowest BCUT2D eigenvalue weighted by atomic mass is 9.99. The maximum atomic E-state index is 13.2. The second-order valence-corrected chi connectivity index (χ2v) is 8.21. The Hall–Kier alpha value is -3.05. The number of para-hydroxylation sites is 1. The minimum atomic E-state index is -0.112. The van der Waals surface area contributed by atoms with Crippen LogP contribution in [0.2, 0.25) is 0 Å². The summed E-state index contributed by atoms with van der Waals surface area (Å²) in [5.74, 6) is 0.934. The second kappa shape index (κ2) is 7.33. The molecule has 0 radical (unpaired) electrons. The van der Waals surface area contributed by atoms with Crippen molar-refractivity contribution in [2.75, 3.05) is 13.1 Å². The molecule has 0 bridgehead atoms. The summed E-state index contributed by atoms with van der Waals surface area (Å²) in [6.45, 7) is 7.43. The molecule has 0 spiro atoms. The lowest BCUT2D eigenvalue weighted by Gasteiger charge is -2.18. The molecule has 3 aromatic rings. The molecular formula is C25H26N2O3. The number of nitrogens with zero attached hydrogens (tertiary/aromatic N) is 2. The molecule has 0 saturated carbocycles. The van der Waals surface area contributed by atoms with Crippen LogP contribution in [-0.2, 0) is 13.1 Å². The van der Waals surface area contributed by atoms with Gasteiger partial charge in [0, 0.05) is 35.8 Å². The van der Waals surface area contributed by atoms with Crippen molar-refractivity contribution in [1.82, 2.24) is 9.47 Å². The Labute approximate surface area is 176 Å².